The van der Waals surface area contributed by atoms with Gasteiger partial charge in [-0.15, -0.1) is 0 Å². The highest BCUT2D eigenvalue weighted by Crippen LogP contribution is 2.41. The van der Waals surface area contributed by atoms with Crippen LogP contribution >= 0.6 is 0 Å². The van der Waals surface area contributed by atoms with Crippen molar-refractivity contribution in [3.05, 3.63) is 0 Å². The van der Waals surface area contributed by atoms with E-state index in [1.807, 2.05) is 20.8 Å². The van der Waals surface area contributed by atoms with Crippen molar-refractivity contribution in [2.24, 2.45) is 5.41 Å². The minimum atomic E-state index is -0.467. The second kappa shape index (κ2) is 5.76. The number of nitrogens with one attached hydrogen (secondary N) is 2. The Morgan fingerprint density at radius 2 is 1.86 bits per heavy atom. The van der Waals surface area contributed by atoms with E-state index in [9.17, 15) is 9.90 Å². The first kappa shape index (κ1) is 16.6. The Hall–Kier alpha value is -0.810. The van der Waals surface area contributed by atoms with E-state index in [-0.39, 0.29) is 29.7 Å². The molecule has 0 radical (unpaired) electrons. The number of ether oxygens (including phenoxy) is 1. The second-order valence-electron chi connectivity index (χ2n) is 8.08. The van der Waals surface area contributed by atoms with Gasteiger partial charge in [-0.2, -0.15) is 0 Å². The fourth-order valence-electron chi connectivity index (χ4n) is 3.23. The summed E-state index contributed by atoms with van der Waals surface area (Å²) in [6, 6.07) is 0.709. The molecule has 0 spiro atoms. The quantitative estimate of drug-likeness (QED) is 0.747. The zero-order chi connectivity index (χ0) is 15.8. The van der Waals surface area contributed by atoms with Crippen LogP contribution < -0.4 is 10.6 Å². The van der Waals surface area contributed by atoms with Crippen molar-refractivity contribution in [2.45, 2.75) is 90.1 Å². The van der Waals surface area contributed by atoms with Gasteiger partial charge in [-0.25, -0.2) is 4.79 Å². The number of hydrogen-bond acceptors (Lipinski definition) is 4. The number of carbonyl (C=O) groups excluding carboxylic acids is 1. The first-order chi connectivity index (χ1) is 9.59. The summed E-state index contributed by atoms with van der Waals surface area (Å²) in [4.78, 5) is 11.9. The summed E-state index contributed by atoms with van der Waals surface area (Å²) in [5.41, 5.74) is -0.551. The highest BCUT2D eigenvalue weighted by Gasteiger charge is 2.48. The number of carbonyl (C=O) groups is 1. The molecule has 2 rings (SSSR count). The number of rotatable bonds is 3. The molecule has 0 bridgehead atoms. The van der Waals surface area contributed by atoms with E-state index in [4.69, 9.17) is 4.74 Å². The van der Waals surface area contributed by atoms with Gasteiger partial charge >= 0.3 is 6.09 Å². The predicted molar refractivity (Wildman–Crippen MR) is 82.1 cm³/mol. The molecular weight excluding hydrogens is 268 g/mol. The highest BCUT2D eigenvalue weighted by molar-refractivity contribution is 5.68. The van der Waals surface area contributed by atoms with Gasteiger partial charge in [-0.1, -0.05) is 13.8 Å². The van der Waals surface area contributed by atoms with Gasteiger partial charge in [0.1, 0.15) is 5.60 Å². The highest BCUT2D eigenvalue weighted by atomic mass is 16.6. The second-order valence-corrected chi connectivity index (χ2v) is 8.08. The van der Waals surface area contributed by atoms with E-state index in [0.717, 1.165) is 25.7 Å². The molecule has 0 saturated heterocycles. The Kier molecular flexibility index (Phi) is 4.54. The topological polar surface area (TPSA) is 70.6 Å². The van der Waals surface area contributed by atoms with Crippen molar-refractivity contribution in [1.29, 1.82) is 0 Å². The minimum Gasteiger partial charge on any atom is -0.444 e. The van der Waals surface area contributed by atoms with E-state index in [1.54, 1.807) is 0 Å². The summed E-state index contributed by atoms with van der Waals surface area (Å²) in [5.74, 6) is 0. The molecule has 0 aromatic rings. The van der Waals surface area contributed by atoms with Gasteiger partial charge in [-0.05, 0) is 46.5 Å². The molecule has 0 aromatic heterocycles. The fraction of sp³-hybridized carbons (Fsp3) is 0.938. The van der Waals surface area contributed by atoms with Crippen molar-refractivity contribution >= 4 is 6.09 Å². The summed E-state index contributed by atoms with van der Waals surface area (Å²) >= 11 is 0. The van der Waals surface area contributed by atoms with Crippen LogP contribution in [-0.4, -0.2) is 41.0 Å². The summed E-state index contributed by atoms with van der Waals surface area (Å²) < 4.78 is 5.33. The van der Waals surface area contributed by atoms with Crippen LogP contribution in [0.5, 0.6) is 0 Å². The van der Waals surface area contributed by atoms with Crippen molar-refractivity contribution in [3.63, 3.8) is 0 Å². The lowest BCUT2D eigenvalue weighted by Gasteiger charge is -2.51. The average Bonchev–Trinajstić information content (AvgIpc) is 2.73. The average molecular weight is 298 g/mol. The van der Waals surface area contributed by atoms with Crippen molar-refractivity contribution < 1.29 is 14.6 Å². The van der Waals surface area contributed by atoms with Crippen LogP contribution in [-0.2, 0) is 4.74 Å². The van der Waals surface area contributed by atoms with Gasteiger partial charge in [-0.3, -0.25) is 0 Å². The lowest BCUT2D eigenvalue weighted by molar-refractivity contribution is -0.0764. The SMILES string of the molecule is CC(C)(C)OC(=O)NC1CCCC1NC1CC(O)C1(C)C. The van der Waals surface area contributed by atoms with E-state index in [1.165, 1.54) is 0 Å². The minimum absolute atomic E-state index is 0.0843. The molecule has 1 amide bonds. The smallest absolute Gasteiger partial charge is 0.407 e. The van der Waals surface area contributed by atoms with Gasteiger partial charge in [0.05, 0.1) is 6.10 Å². The molecule has 0 heterocycles. The molecule has 21 heavy (non-hydrogen) atoms. The molecule has 3 N–H and O–H groups in total. The first-order valence-electron chi connectivity index (χ1n) is 8.03. The Morgan fingerprint density at radius 1 is 1.24 bits per heavy atom. The lowest BCUT2D eigenvalue weighted by Crippen LogP contribution is -2.64. The predicted octanol–water partition coefficient (Wildman–Crippen LogP) is 2.18. The van der Waals surface area contributed by atoms with E-state index in [2.05, 4.69) is 24.5 Å². The van der Waals surface area contributed by atoms with Gasteiger partial charge in [0.25, 0.3) is 0 Å². The van der Waals surface area contributed by atoms with Crippen molar-refractivity contribution in [2.75, 3.05) is 0 Å². The molecular formula is C16H30N2O3. The van der Waals surface area contributed by atoms with Crippen molar-refractivity contribution in [1.82, 2.24) is 10.6 Å². The van der Waals surface area contributed by atoms with Gasteiger partial charge < -0.3 is 20.5 Å². The van der Waals surface area contributed by atoms with Gasteiger partial charge in [0, 0.05) is 23.5 Å². The number of hydrogen-bond donors (Lipinski definition) is 3. The molecule has 5 heteroatoms. The van der Waals surface area contributed by atoms with Crippen LogP contribution in [0.4, 0.5) is 4.79 Å². The van der Waals surface area contributed by atoms with Crippen molar-refractivity contribution in [3.8, 4) is 0 Å². The maximum Gasteiger partial charge on any atom is 0.407 e. The zero-order valence-corrected chi connectivity index (χ0v) is 13.9. The van der Waals surface area contributed by atoms with Crippen LogP contribution in [0, 0.1) is 5.41 Å². The fourth-order valence-corrected chi connectivity index (χ4v) is 3.23. The number of amides is 1. The summed E-state index contributed by atoms with van der Waals surface area (Å²) in [6.07, 6.45) is 3.37. The standard InChI is InChI=1S/C16H30N2O3/c1-15(2,3)21-14(20)18-11-8-6-7-10(11)17-12-9-13(19)16(12,4)5/h10-13,17,19H,6-9H2,1-5H3,(H,18,20). The monoisotopic (exact) mass is 298 g/mol. The molecule has 4 unspecified atom stereocenters. The molecule has 2 fully saturated rings. The van der Waals surface area contributed by atoms with Crippen LogP contribution in [0.25, 0.3) is 0 Å². The molecule has 2 aliphatic rings. The Bertz CT molecular complexity index is 389. The van der Waals surface area contributed by atoms with E-state index < -0.39 is 5.60 Å². The first-order valence-corrected chi connectivity index (χ1v) is 8.03. The van der Waals surface area contributed by atoms with Gasteiger partial charge in [0.15, 0.2) is 0 Å². The van der Waals surface area contributed by atoms with Gasteiger partial charge in [0.2, 0.25) is 0 Å². The third kappa shape index (κ3) is 3.89. The lowest BCUT2D eigenvalue weighted by atomic mass is 9.64. The zero-order valence-electron chi connectivity index (χ0n) is 13.9. The van der Waals surface area contributed by atoms with Crippen LogP contribution in [0.3, 0.4) is 0 Å². The summed E-state index contributed by atoms with van der Waals surface area (Å²) in [7, 11) is 0. The third-order valence-electron chi connectivity index (χ3n) is 4.85. The molecule has 2 aliphatic carbocycles. The largest absolute Gasteiger partial charge is 0.444 e. The Balaban J connectivity index is 1.85. The normalized spacial score (nSPS) is 35.1. The molecule has 2 saturated carbocycles. The molecule has 4 atom stereocenters. The molecule has 5 nitrogen and oxygen atoms in total. The maximum absolute atomic E-state index is 11.9. The summed E-state index contributed by atoms with van der Waals surface area (Å²) in [5, 5.41) is 16.4. The third-order valence-corrected chi connectivity index (χ3v) is 4.85. The molecule has 122 valence electrons. The van der Waals surface area contributed by atoms with Crippen LogP contribution in [0.1, 0.15) is 60.3 Å². The molecule has 0 aliphatic heterocycles. The van der Waals surface area contributed by atoms with Crippen LogP contribution in [0.15, 0.2) is 0 Å². The number of alkyl carbamates (subject to hydrolysis) is 1. The Morgan fingerprint density at radius 3 is 2.38 bits per heavy atom. The van der Waals surface area contributed by atoms with Crippen LogP contribution in [0.2, 0.25) is 0 Å². The molecule has 0 aromatic carbocycles. The summed E-state index contributed by atoms with van der Waals surface area (Å²) in [6.45, 7) is 9.79. The van der Waals surface area contributed by atoms with E-state index >= 15 is 0 Å². The van der Waals surface area contributed by atoms with E-state index in [0.29, 0.717) is 6.04 Å². The Labute approximate surface area is 127 Å². The number of aliphatic hydroxyl groups is 1. The number of aliphatic hydroxyl groups excluding tert-OH is 1. The maximum atomic E-state index is 11.9.